The summed E-state index contributed by atoms with van der Waals surface area (Å²) in [6, 6.07) is 2.08. The van der Waals surface area contributed by atoms with E-state index in [1.165, 1.54) is 0 Å². The van der Waals surface area contributed by atoms with Crippen molar-refractivity contribution in [1.29, 1.82) is 0 Å². The number of hydrogen-bond donors (Lipinski definition) is 1. The van der Waals surface area contributed by atoms with E-state index in [1.54, 1.807) is 18.9 Å². The van der Waals surface area contributed by atoms with E-state index in [9.17, 15) is 5.11 Å². The van der Waals surface area contributed by atoms with Gasteiger partial charge in [0.1, 0.15) is 12.1 Å². The van der Waals surface area contributed by atoms with Crippen LogP contribution in [0.4, 0.5) is 5.82 Å². The van der Waals surface area contributed by atoms with E-state index in [1.807, 2.05) is 10.8 Å². The number of aliphatic hydroxyl groups is 1. The van der Waals surface area contributed by atoms with Crippen molar-refractivity contribution in [2.75, 3.05) is 31.2 Å². The summed E-state index contributed by atoms with van der Waals surface area (Å²) in [4.78, 5) is 15.1. The average molecular weight is 329 g/mol. The quantitative estimate of drug-likeness (QED) is 0.908. The van der Waals surface area contributed by atoms with Crippen LogP contribution < -0.4 is 4.90 Å². The molecule has 4 rings (SSSR count). The van der Waals surface area contributed by atoms with E-state index in [2.05, 4.69) is 25.9 Å². The van der Waals surface area contributed by atoms with Gasteiger partial charge in [-0.2, -0.15) is 0 Å². The van der Waals surface area contributed by atoms with Crippen molar-refractivity contribution in [1.82, 2.24) is 19.5 Å². The molecule has 2 aliphatic heterocycles. The molecule has 2 aliphatic rings. The maximum absolute atomic E-state index is 10.8. The number of aromatic nitrogens is 4. The molecule has 1 N–H and O–H groups in total. The summed E-state index contributed by atoms with van der Waals surface area (Å²) in [5.41, 5.74) is 0.392. The molecular weight excluding hydrogens is 306 g/mol. The normalized spacial score (nSPS) is 23.5. The lowest BCUT2D eigenvalue weighted by Crippen LogP contribution is -2.47. The van der Waals surface area contributed by atoms with Crippen molar-refractivity contribution in [3.05, 3.63) is 36.8 Å². The molecule has 128 valence electrons. The summed E-state index contributed by atoms with van der Waals surface area (Å²) in [5, 5.41) is 10.8. The maximum atomic E-state index is 10.8. The zero-order valence-corrected chi connectivity index (χ0v) is 13.7. The highest BCUT2D eigenvalue weighted by Gasteiger charge is 2.33. The monoisotopic (exact) mass is 329 g/mol. The summed E-state index contributed by atoms with van der Waals surface area (Å²) in [7, 11) is 0. The van der Waals surface area contributed by atoms with Crippen LogP contribution in [0.3, 0.4) is 0 Å². The highest BCUT2D eigenvalue weighted by molar-refractivity contribution is 5.40. The first-order chi connectivity index (χ1) is 11.7. The second kappa shape index (κ2) is 6.49. The first-order valence-electron chi connectivity index (χ1n) is 8.55. The highest BCUT2D eigenvalue weighted by atomic mass is 16.5. The van der Waals surface area contributed by atoms with Crippen LogP contribution in [0.25, 0.3) is 0 Å². The van der Waals surface area contributed by atoms with Crippen molar-refractivity contribution >= 4 is 5.82 Å². The molecule has 2 aromatic rings. The molecule has 4 heterocycles. The summed E-state index contributed by atoms with van der Waals surface area (Å²) in [6.07, 6.45) is 9.51. The summed E-state index contributed by atoms with van der Waals surface area (Å²) in [5.74, 6) is 1.34. The van der Waals surface area contributed by atoms with Crippen molar-refractivity contribution in [3.8, 4) is 0 Å². The molecule has 0 saturated carbocycles. The Balaban J connectivity index is 1.41. The van der Waals surface area contributed by atoms with Gasteiger partial charge in [-0.1, -0.05) is 0 Å². The lowest BCUT2D eigenvalue weighted by molar-refractivity contribution is -0.000183. The molecule has 0 aromatic carbocycles. The molecule has 24 heavy (non-hydrogen) atoms. The molecule has 7 heteroatoms. The predicted octanol–water partition coefficient (Wildman–Crippen LogP) is 1.21. The first-order valence-corrected chi connectivity index (χ1v) is 8.55. The molecule has 2 aromatic heterocycles. The van der Waals surface area contributed by atoms with E-state index < -0.39 is 5.60 Å². The van der Waals surface area contributed by atoms with E-state index in [4.69, 9.17) is 4.74 Å². The highest BCUT2D eigenvalue weighted by Crippen LogP contribution is 2.29. The average Bonchev–Trinajstić information content (AvgIpc) is 3.29. The number of imidazole rings is 1. The smallest absolute Gasteiger partial charge is 0.132 e. The van der Waals surface area contributed by atoms with Crippen molar-refractivity contribution in [3.63, 3.8) is 0 Å². The fourth-order valence-electron chi connectivity index (χ4n) is 3.56. The molecule has 0 aliphatic carbocycles. The molecule has 0 bridgehead atoms. The van der Waals surface area contributed by atoms with Gasteiger partial charge < -0.3 is 19.3 Å². The molecule has 0 spiro atoms. The Morgan fingerprint density at radius 3 is 2.88 bits per heavy atom. The van der Waals surface area contributed by atoms with Crippen LogP contribution in [0.15, 0.2) is 31.1 Å². The van der Waals surface area contributed by atoms with E-state index in [0.717, 1.165) is 57.1 Å². The van der Waals surface area contributed by atoms with Crippen LogP contribution in [-0.2, 0) is 11.3 Å². The largest absolute Gasteiger partial charge is 0.388 e. The van der Waals surface area contributed by atoms with Gasteiger partial charge in [-0.05, 0) is 19.3 Å². The van der Waals surface area contributed by atoms with Crippen molar-refractivity contribution in [2.45, 2.75) is 37.3 Å². The number of ether oxygens (including phenoxy) is 1. The van der Waals surface area contributed by atoms with Crippen molar-refractivity contribution in [2.24, 2.45) is 0 Å². The lowest BCUT2D eigenvalue weighted by atomic mass is 9.91. The second-order valence-electron chi connectivity index (χ2n) is 6.81. The van der Waals surface area contributed by atoms with Gasteiger partial charge in [0.15, 0.2) is 0 Å². The van der Waals surface area contributed by atoms with Crippen LogP contribution in [-0.4, -0.2) is 56.5 Å². The van der Waals surface area contributed by atoms with Gasteiger partial charge in [-0.3, -0.25) is 0 Å². The van der Waals surface area contributed by atoms with Crippen LogP contribution in [0.2, 0.25) is 0 Å². The predicted molar refractivity (Wildman–Crippen MR) is 88.8 cm³/mol. The van der Waals surface area contributed by atoms with Crippen molar-refractivity contribution < 1.29 is 9.84 Å². The Bertz CT molecular complexity index is 661. The molecular formula is C17H23N5O2. The van der Waals surface area contributed by atoms with Crippen LogP contribution in [0.5, 0.6) is 0 Å². The minimum Gasteiger partial charge on any atom is -0.388 e. The van der Waals surface area contributed by atoms with Gasteiger partial charge in [0.2, 0.25) is 0 Å². The number of nitrogens with zero attached hydrogens (tertiary/aromatic N) is 5. The van der Waals surface area contributed by atoms with E-state index in [-0.39, 0.29) is 0 Å². The number of hydrogen-bond acceptors (Lipinski definition) is 6. The van der Waals surface area contributed by atoms with E-state index >= 15 is 0 Å². The standard InChI is InChI=1S/C17H23N5O2/c23-17(11-21-7-4-18-13-21)2-5-22(6-3-17)16-9-15(19-12-20-16)14-1-8-24-10-14/h4,7,9,12-14,23H,1-3,5-6,8,10-11H2/t14-/m1/s1. The molecule has 0 radical (unpaired) electrons. The Kier molecular flexibility index (Phi) is 4.20. The molecule has 2 saturated heterocycles. The number of piperidine rings is 1. The lowest BCUT2D eigenvalue weighted by Gasteiger charge is -2.39. The van der Waals surface area contributed by atoms with Gasteiger partial charge in [-0.25, -0.2) is 15.0 Å². The zero-order chi connectivity index (χ0) is 16.4. The topological polar surface area (TPSA) is 76.3 Å². The summed E-state index contributed by atoms with van der Waals surface area (Å²) in [6.45, 7) is 3.75. The fraction of sp³-hybridized carbons (Fsp3) is 0.588. The SMILES string of the molecule is OC1(Cn2ccnc2)CCN(c2cc([C@@H]3CCOC3)ncn2)CC1. The molecule has 7 nitrogen and oxygen atoms in total. The van der Waals surface area contributed by atoms with Gasteiger partial charge in [0, 0.05) is 44.1 Å². The number of rotatable bonds is 4. The minimum absolute atomic E-state index is 0.384. The fourth-order valence-corrected chi connectivity index (χ4v) is 3.56. The van der Waals surface area contributed by atoms with E-state index in [0.29, 0.717) is 12.5 Å². The Morgan fingerprint density at radius 2 is 2.17 bits per heavy atom. The molecule has 1 atom stereocenters. The van der Waals surface area contributed by atoms with Crippen LogP contribution in [0, 0.1) is 0 Å². The first kappa shape index (κ1) is 15.5. The molecule has 0 unspecified atom stereocenters. The van der Waals surface area contributed by atoms with Gasteiger partial charge >= 0.3 is 0 Å². The second-order valence-corrected chi connectivity index (χ2v) is 6.81. The molecule has 2 fully saturated rings. The third-order valence-electron chi connectivity index (χ3n) is 5.08. The Labute approximate surface area is 141 Å². The zero-order valence-electron chi connectivity index (χ0n) is 13.7. The van der Waals surface area contributed by atoms with Crippen LogP contribution >= 0.6 is 0 Å². The third kappa shape index (κ3) is 3.27. The van der Waals surface area contributed by atoms with Gasteiger partial charge in [0.05, 0.1) is 30.8 Å². The summed E-state index contributed by atoms with van der Waals surface area (Å²) >= 11 is 0. The third-order valence-corrected chi connectivity index (χ3v) is 5.08. The Hall–Kier alpha value is -1.99. The maximum Gasteiger partial charge on any atom is 0.132 e. The molecule has 0 amide bonds. The summed E-state index contributed by atoms with van der Waals surface area (Å²) < 4.78 is 7.40. The minimum atomic E-state index is -0.674. The van der Waals surface area contributed by atoms with Crippen LogP contribution in [0.1, 0.15) is 30.9 Å². The van der Waals surface area contributed by atoms with Gasteiger partial charge in [-0.15, -0.1) is 0 Å². The Morgan fingerprint density at radius 1 is 1.29 bits per heavy atom. The number of anilines is 1. The van der Waals surface area contributed by atoms with Gasteiger partial charge in [0.25, 0.3) is 0 Å².